The fourth-order valence-corrected chi connectivity index (χ4v) is 2.53. The number of hydrogen-bond donors (Lipinski definition) is 1. The van der Waals surface area contributed by atoms with E-state index in [0.717, 1.165) is 29.9 Å². The Kier molecular flexibility index (Phi) is 3.19. The van der Waals surface area contributed by atoms with Crippen molar-refractivity contribution in [3.05, 3.63) is 53.1 Å². The number of anilines is 1. The van der Waals surface area contributed by atoms with Crippen molar-refractivity contribution in [2.75, 3.05) is 11.9 Å². The molecular formula is C14H13N3S. The fraction of sp³-hybridized carbons (Fsp3) is 0.143. The summed E-state index contributed by atoms with van der Waals surface area (Å²) in [5.41, 5.74) is 5.18. The van der Waals surface area contributed by atoms with Gasteiger partial charge in [-0.1, -0.05) is 18.2 Å². The predicted octanol–water partition coefficient (Wildman–Crippen LogP) is 3.35. The van der Waals surface area contributed by atoms with E-state index in [0.29, 0.717) is 0 Å². The Morgan fingerprint density at radius 2 is 2.06 bits per heavy atom. The SMILES string of the molecule is c1ccc2c(NCCc3cscn3)ccnc2c1. The van der Waals surface area contributed by atoms with Crippen molar-refractivity contribution >= 4 is 27.9 Å². The van der Waals surface area contributed by atoms with Crippen molar-refractivity contribution in [2.45, 2.75) is 6.42 Å². The molecule has 1 N–H and O–H groups in total. The normalized spacial score (nSPS) is 10.7. The molecule has 0 saturated carbocycles. The molecule has 0 fully saturated rings. The maximum atomic E-state index is 4.35. The van der Waals surface area contributed by atoms with E-state index in [-0.39, 0.29) is 0 Å². The standard InChI is InChI=1S/C14H13N3S/c1-2-4-13-12(3-1)14(6-8-16-13)15-7-5-11-9-18-10-17-11/h1-4,6,8-10H,5,7H2,(H,15,16). The number of pyridine rings is 1. The summed E-state index contributed by atoms with van der Waals surface area (Å²) in [6, 6.07) is 10.2. The van der Waals surface area contributed by atoms with Gasteiger partial charge in [0.2, 0.25) is 0 Å². The molecule has 3 aromatic rings. The van der Waals surface area contributed by atoms with Gasteiger partial charge in [0.15, 0.2) is 0 Å². The summed E-state index contributed by atoms with van der Waals surface area (Å²) in [5.74, 6) is 0. The van der Waals surface area contributed by atoms with E-state index in [1.165, 1.54) is 5.39 Å². The third-order valence-electron chi connectivity index (χ3n) is 2.83. The Morgan fingerprint density at radius 1 is 1.11 bits per heavy atom. The summed E-state index contributed by atoms with van der Waals surface area (Å²) in [7, 11) is 0. The average Bonchev–Trinajstić information content (AvgIpc) is 2.92. The van der Waals surface area contributed by atoms with Gasteiger partial charge in [-0.3, -0.25) is 4.98 Å². The molecule has 0 radical (unpaired) electrons. The number of aromatic nitrogens is 2. The van der Waals surface area contributed by atoms with Crippen molar-refractivity contribution in [1.29, 1.82) is 0 Å². The number of para-hydroxylation sites is 1. The second-order valence-corrected chi connectivity index (χ2v) is 4.75. The van der Waals surface area contributed by atoms with Gasteiger partial charge in [-0.2, -0.15) is 0 Å². The van der Waals surface area contributed by atoms with Crippen molar-refractivity contribution in [1.82, 2.24) is 9.97 Å². The lowest BCUT2D eigenvalue weighted by Crippen LogP contribution is -2.05. The van der Waals surface area contributed by atoms with Crippen molar-refractivity contribution in [2.24, 2.45) is 0 Å². The Hall–Kier alpha value is -1.94. The van der Waals surface area contributed by atoms with Gasteiger partial charge in [-0.05, 0) is 12.1 Å². The first-order valence-electron chi connectivity index (χ1n) is 5.88. The molecule has 0 aliphatic heterocycles. The van der Waals surface area contributed by atoms with Crippen LogP contribution in [-0.4, -0.2) is 16.5 Å². The molecule has 0 bridgehead atoms. The zero-order valence-corrected chi connectivity index (χ0v) is 10.7. The monoisotopic (exact) mass is 255 g/mol. The van der Waals surface area contributed by atoms with Crippen LogP contribution in [0.3, 0.4) is 0 Å². The lowest BCUT2D eigenvalue weighted by Gasteiger charge is -2.08. The molecule has 0 atom stereocenters. The minimum Gasteiger partial charge on any atom is -0.384 e. The number of nitrogens with zero attached hydrogens (tertiary/aromatic N) is 2. The van der Waals surface area contributed by atoms with Crippen LogP contribution in [-0.2, 0) is 6.42 Å². The number of thiazole rings is 1. The molecule has 0 saturated heterocycles. The third kappa shape index (κ3) is 2.33. The predicted molar refractivity (Wildman–Crippen MR) is 76.1 cm³/mol. The molecule has 4 heteroatoms. The Balaban J connectivity index is 1.74. The maximum Gasteiger partial charge on any atom is 0.0794 e. The number of nitrogens with one attached hydrogen (secondary N) is 1. The molecule has 0 unspecified atom stereocenters. The zero-order chi connectivity index (χ0) is 12.2. The summed E-state index contributed by atoms with van der Waals surface area (Å²) in [6.07, 6.45) is 2.79. The van der Waals surface area contributed by atoms with Crippen LogP contribution in [0.15, 0.2) is 47.4 Å². The molecular weight excluding hydrogens is 242 g/mol. The van der Waals surface area contributed by atoms with Crippen molar-refractivity contribution in [3.63, 3.8) is 0 Å². The number of benzene rings is 1. The van der Waals surface area contributed by atoms with Gasteiger partial charge in [0, 0.05) is 35.6 Å². The van der Waals surface area contributed by atoms with E-state index in [2.05, 4.69) is 26.7 Å². The van der Waals surface area contributed by atoms with Gasteiger partial charge < -0.3 is 5.32 Å². The molecule has 2 heterocycles. The zero-order valence-electron chi connectivity index (χ0n) is 9.84. The lowest BCUT2D eigenvalue weighted by atomic mass is 10.2. The van der Waals surface area contributed by atoms with Crippen LogP contribution < -0.4 is 5.32 Å². The first kappa shape index (κ1) is 11.2. The summed E-state index contributed by atoms with van der Waals surface area (Å²) >= 11 is 1.64. The topological polar surface area (TPSA) is 37.8 Å². The summed E-state index contributed by atoms with van der Waals surface area (Å²) in [6.45, 7) is 0.887. The van der Waals surface area contributed by atoms with Gasteiger partial charge in [0.1, 0.15) is 0 Å². The van der Waals surface area contributed by atoms with Crippen LogP contribution in [0.2, 0.25) is 0 Å². The minimum absolute atomic E-state index is 0.887. The van der Waals surface area contributed by atoms with Gasteiger partial charge in [-0.15, -0.1) is 11.3 Å². The highest BCUT2D eigenvalue weighted by atomic mass is 32.1. The molecule has 0 spiro atoms. The molecule has 0 amide bonds. The molecule has 3 rings (SSSR count). The molecule has 3 nitrogen and oxygen atoms in total. The Labute approximate surface area is 110 Å². The molecule has 1 aromatic carbocycles. The van der Waals surface area contributed by atoms with Crippen LogP contribution in [0.25, 0.3) is 10.9 Å². The van der Waals surface area contributed by atoms with Crippen molar-refractivity contribution in [3.8, 4) is 0 Å². The van der Waals surface area contributed by atoms with Crippen LogP contribution in [0.5, 0.6) is 0 Å². The number of fused-ring (bicyclic) bond motifs is 1. The van der Waals surface area contributed by atoms with E-state index in [1.807, 2.05) is 36.0 Å². The molecule has 2 aromatic heterocycles. The summed E-state index contributed by atoms with van der Waals surface area (Å²) < 4.78 is 0. The third-order valence-corrected chi connectivity index (χ3v) is 3.46. The van der Waals surface area contributed by atoms with E-state index in [1.54, 1.807) is 11.3 Å². The lowest BCUT2D eigenvalue weighted by molar-refractivity contribution is 0.978. The largest absolute Gasteiger partial charge is 0.384 e. The maximum absolute atomic E-state index is 4.35. The van der Waals surface area contributed by atoms with Gasteiger partial charge in [-0.25, -0.2) is 4.98 Å². The van der Waals surface area contributed by atoms with Crippen LogP contribution in [0.4, 0.5) is 5.69 Å². The first-order chi connectivity index (χ1) is 8.93. The quantitative estimate of drug-likeness (QED) is 0.777. The molecule has 0 aliphatic carbocycles. The summed E-state index contributed by atoms with van der Waals surface area (Å²) in [5, 5.41) is 6.71. The van der Waals surface area contributed by atoms with Crippen LogP contribution in [0, 0.1) is 0 Å². The van der Waals surface area contributed by atoms with E-state index in [4.69, 9.17) is 0 Å². The van der Waals surface area contributed by atoms with Gasteiger partial charge >= 0.3 is 0 Å². The van der Waals surface area contributed by atoms with E-state index < -0.39 is 0 Å². The van der Waals surface area contributed by atoms with Gasteiger partial charge in [0.25, 0.3) is 0 Å². The average molecular weight is 255 g/mol. The molecule has 18 heavy (non-hydrogen) atoms. The molecule has 90 valence electrons. The highest BCUT2D eigenvalue weighted by Gasteiger charge is 2.00. The van der Waals surface area contributed by atoms with Crippen LogP contribution >= 0.6 is 11.3 Å². The Morgan fingerprint density at radius 3 is 2.94 bits per heavy atom. The van der Waals surface area contributed by atoms with E-state index in [9.17, 15) is 0 Å². The fourth-order valence-electron chi connectivity index (χ4n) is 1.94. The molecule has 0 aliphatic rings. The highest BCUT2D eigenvalue weighted by Crippen LogP contribution is 2.20. The second kappa shape index (κ2) is 5.14. The Bertz CT molecular complexity index is 629. The van der Waals surface area contributed by atoms with E-state index >= 15 is 0 Å². The van der Waals surface area contributed by atoms with Gasteiger partial charge in [0.05, 0.1) is 16.7 Å². The summed E-state index contributed by atoms with van der Waals surface area (Å²) in [4.78, 5) is 8.63. The number of hydrogen-bond acceptors (Lipinski definition) is 4. The van der Waals surface area contributed by atoms with Crippen LogP contribution in [0.1, 0.15) is 5.69 Å². The minimum atomic E-state index is 0.887. The first-order valence-corrected chi connectivity index (χ1v) is 6.82. The van der Waals surface area contributed by atoms with Crippen molar-refractivity contribution < 1.29 is 0 Å². The smallest absolute Gasteiger partial charge is 0.0794 e. The highest BCUT2D eigenvalue weighted by molar-refractivity contribution is 7.07. The second-order valence-electron chi connectivity index (χ2n) is 4.03. The number of rotatable bonds is 4.